The summed E-state index contributed by atoms with van der Waals surface area (Å²) in [6, 6.07) is 3.15. The van der Waals surface area contributed by atoms with Crippen molar-refractivity contribution < 1.29 is 10.0 Å². The minimum atomic E-state index is -0.351. The highest BCUT2D eigenvalue weighted by atomic mass is 16.5. The van der Waals surface area contributed by atoms with Crippen LogP contribution in [-0.2, 0) is 0 Å². The molecule has 0 radical (unpaired) electrons. The average Bonchev–Trinajstić information content (AvgIpc) is 2.46. The molecule has 1 aliphatic heterocycles. The number of hydrazine groups is 1. The molecule has 0 saturated carbocycles. The fourth-order valence-corrected chi connectivity index (χ4v) is 1.44. The van der Waals surface area contributed by atoms with Crippen LogP contribution in [0, 0.1) is 5.41 Å². The molecule has 7 nitrogen and oxygen atoms in total. The third-order valence-corrected chi connectivity index (χ3v) is 2.46. The van der Waals surface area contributed by atoms with Crippen molar-refractivity contribution >= 4 is 11.7 Å². The van der Waals surface area contributed by atoms with Crippen molar-refractivity contribution in [3.63, 3.8) is 0 Å². The number of nitrogens with zero attached hydrogens (tertiary/aromatic N) is 2. The molecule has 2 heterocycles. The molecule has 0 atom stereocenters. The molecule has 98 valence electrons. The van der Waals surface area contributed by atoms with Gasteiger partial charge in [-0.1, -0.05) is 6.08 Å². The molecule has 0 bridgehead atoms. The van der Waals surface area contributed by atoms with E-state index in [1.807, 2.05) is 0 Å². The van der Waals surface area contributed by atoms with Gasteiger partial charge in [0, 0.05) is 29.7 Å². The van der Waals surface area contributed by atoms with Crippen LogP contribution in [0.25, 0.3) is 0 Å². The van der Waals surface area contributed by atoms with E-state index in [4.69, 9.17) is 10.6 Å². The lowest BCUT2D eigenvalue weighted by Crippen LogP contribution is -2.42. The maximum Gasteiger partial charge on any atom is 0.269 e. The van der Waals surface area contributed by atoms with Crippen LogP contribution >= 0.6 is 0 Å². The van der Waals surface area contributed by atoms with E-state index in [1.54, 1.807) is 24.3 Å². The Bertz CT molecular complexity index is 538. The lowest BCUT2D eigenvalue weighted by molar-refractivity contribution is -0.0304. The fourth-order valence-electron chi connectivity index (χ4n) is 1.44. The monoisotopic (exact) mass is 259 g/mol. The first-order valence-electron chi connectivity index (χ1n) is 5.56. The second-order valence-electron chi connectivity index (χ2n) is 3.79. The summed E-state index contributed by atoms with van der Waals surface area (Å²) in [5.41, 5.74) is 5.96. The van der Waals surface area contributed by atoms with E-state index in [0.717, 1.165) is 5.06 Å². The number of carbonyl (C=O) groups excluding carboxylic acids is 1. The first-order valence-corrected chi connectivity index (χ1v) is 5.56. The van der Waals surface area contributed by atoms with Gasteiger partial charge >= 0.3 is 0 Å². The maximum absolute atomic E-state index is 11.7. The molecule has 2 rings (SSSR count). The Morgan fingerprint density at radius 3 is 2.74 bits per heavy atom. The lowest BCUT2D eigenvalue weighted by Gasteiger charge is -2.16. The molecular formula is C12H13N5O2. The number of amidine groups is 1. The molecule has 0 spiro atoms. The van der Waals surface area contributed by atoms with Crippen LogP contribution in [0.5, 0.6) is 0 Å². The summed E-state index contributed by atoms with van der Waals surface area (Å²) in [4.78, 5) is 15.5. The Hall–Kier alpha value is -2.67. The predicted molar refractivity (Wildman–Crippen MR) is 68.3 cm³/mol. The van der Waals surface area contributed by atoms with Gasteiger partial charge in [0.25, 0.3) is 5.91 Å². The Kier molecular flexibility index (Phi) is 3.89. The molecule has 1 aromatic rings. The minimum Gasteiger partial charge on any atom is -0.289 e. The smallest absolute Gasteiger partial charge is 0.269 e. The van der Waals surface area contributed by atoms with Crippen LogP contribution in [0.3, 0.4) is 0 Å². The highest BCUT2D eigenvalue weighted by molar-refractivity contribution is 6.01. The highest BCUT2D eigenvalue weighted by Gasteiger charge is 2.09. The number of hydroxylamine groups is 2. The van der Waals surface area contributed by atoms with E-state index in [-0.39, 0.29) is 11.7 Å². The number of amides is 1. The zero-order valence-corrected chi connectivity index (χ0v) is 10.00. The Labute approximate surface area is 109 Å². The molecule has 0 aliphatic carbocycles. The van der Waals surface area contributed by atoms with Gasteiger partial charge < -0.3 is 0 Å². The van der Waals surface area contributed by atoms with Gasteiger partial charge in [-0.3, -0.25) is 36.3 Å². The third kappa shape index (κ3) is 3.39. The SMILES string of the molecule is N=C(NNC(=O)c1ccncc1)C1=CCN(O)C=C1. The van der Waals surface area contributed by atoms with Gasteiger partial charge in [-0.15, -0.1) is 0 Å². The van der Waals surface area contributed by atoms with Crippen LogP contribution in [0.4, 0.5) is 0 Å². The molecule has 0 aromatic carbocycles. The van der Waals surface area contributed by atoms with Crippen molar-refractivity contribution in [2.24, 2.45) is 0 Å². The number of hydrogen-bond donors (Lipinski definition) is 4. The zero-order chi connectivity index (χ0) is 13.7. The molecule has 1 amide bonds. The molecule has 1 aliphatic rings. The Balaban J connectivity index is 1.88. The summed E-state index contributed by atoms with van der Waals surface area (Å²) < 4.78 is 0. The number of rotatable bonds is 2. The minimum absolute atomic E-state index is 0.0479. The first kappa shape index (κ1) is 12.8. The van der Waals surface area contributed by atoms with Crippen molar-refractivity contribution in [1.82, 2.24) is 20.9 Å². The van der Waals surface area contributed by atoms with E-state index in [2.05, 4.69) is 15.8 Å². The van der Waals surface area contributed by atoms with E-state index in [0.29, 0.717) is 17.7 Å². The standard InChI is InChI=1S/C12H13N5O2/c13-11(9-3-7-17(19)8-4-9)15-16-12(18)10-1-5-14-6-2-10/h1-7,19H,8H2,(H2,13,15)(H,16,18). The molecule has 1 aromatic heterocycles. The second-order valence-corrected chi connectivity index (χ2v) is 3.79. The van der Waals surface area contributed by atoms with E-state index >= 15 is 0 Å². The van der Waals surface area contributed by atoms with Gasteiger partial charge in [0.05, 0.1) is 6.54 Å². The fraction of sp³-hybridized carbons (Fsp3) is 0.0833. The van der Waals surface area contributed by atoms with Crippen molar-refractivity contribution in [3.05, 3.63) is 54.0 Å². The van der Waals surface area contributed by atoms with Crippen LogP contribution in [0.1, 0.15) is 10.4 Å². The summed E-state index contributed by atoms with van der Waals surface area (Å²) >= 11 is 0. The molecular weight excluding hydrogens is 246 g/mol. The van der Waals surface area contributed by atoms with Gasteiger partial charge in [-0.25, -0.2) is 0 Å². The topological polar surface area (TPSA) is 101 Å². The van der Waals surface area contributed by atoms with Gasteiger partial charge in [0.15, 0.2) is 0 Å². The van der Waals surface area contributed by atoms with Crippen molar-refractivity contribution in [1.29, 1.82) is 5.41 Å². The molecule has 0 unspecified atom stereocenters. The predicted octanol–water partition coefficient (Wildman–Crippen LogP) is 0.438. The maximum atomic E-state index is 11.7. The molecule has 4 N–H and O–H groups in total. The zero-order valence-electron chi connectivity index (χ0n) is 10.00. The van der Waals surface area contributed by atoms with Crippen molar-refractivity contribution in [2.45, 2.75) is 0 Å². The number of nitrogens with one attached hydrogen (secondary N) is 3. The summed E-state index contributed by atoms with van der Waals surface area (Å²) in [7, 11) is 0. The first-order chi connectivity index (χ1) is 9.16. The second kappa shape index (κ2) is 5.78. The third-order valence-electron chi connectivity index (χ3n) is 2.46. The van der Waals surface area contributed by atoms with Gasteiger partial charge in [-0.2, -0.15) is 0 Å². The summed E-state index contributed by atoms with van der Waals surface area (Å²) in [6.07, 6.45) is 7.70. The van der Waals surface area contributed by atoms with Gasteiger partial charge in [-0.05, 0) is 18.2 Å². The number of hydrogen-bond acceptors (Lipinski definition) is 5. The van der Waals surface area contributed by atoms with Crippen molar-refractivity contribution in [3.8, 4) is 0 Å². The van der Waals surface area contributed by atoms with Crippen LogP contribution in [-0.4, -0.2) is 33.5 Å². The summed E-state index contributed by atoms with van der Waals surface area (Å²) in [5, 5.41) is 17.9. The molecule has 0 fully saturated rings. The van der Waals surface area contributed by atoms with Crippen LogP contribution in [0.2, 0.25) is 0 Å². The highest BCUT2D eigenvalue weighted by Crippen LogP contribution is 2.04. The average molecular weight is 259 g/mol. The quantitative estimate of drug-likeness (QED) is 0.351. The molecule has 0 saturated heterocycles. The van der Waals surface area contributed by atoms with E-state index in [9.17, 15) is 4.79 Å². The van der Waals surface area contributed by atoms with Crippen LogP contribution in [0.15, 0.2) is 48.5 Å². The lowest BCUT2D eigenvalue weighted by atomic mass is 10.2. The van der Waals surface area contributed by atoms with Crippen molar-refractivity contribution in [2.75, 3.05) is 6.54 Å². The van der Waals surface area contributed by atoms with E-state index in [1.165, 1.54) is 18.6 Å². The normalized spacial score (nSPS) is 13.7. The number of pyridine rings is 1. The number of aromatic nitrogens is 1. The summed E-state index contributed by atoms with van der Waals surface area (Å²) in [5.74, 6) is -0.303. The largest absolute Gasteiger partial charge is 0.289 e. The van der Waals surface area contributed by atoms with E-state index < -0.39 is 0 Å². The number of carbonyl (C=O) groups is 1. The molecule has 7 heteroatoms. The Morgan fingerprint density at radius 1 is 1.37 bits per heavy atom. The molecule has 19 heavy (non-hydrogen) atoms. The Morgan fingerprint density at radius 2 is 2.11 bits per heavy atom. The van der Waals surface area contributed by atoms with Crippen LogP contribution < -0.4 is 10.9 Å². The van der Waals surface area contributed by atoms with Gasteiger partial charge in [0.1, 0.15) is 5.84 Å². The van der Waals surface area contributed by atoms with Gasteiger partial charge in [0.2, 0.25) is 0 Å². The summed E-state index contributed by atoms with van der Waals surface area (Å²) in [6.45, 7) is 0.300.